The molecule has 1 aromatic heterocycles. The number of rotatable bonds is 4. The second-order valence-corrected chi connectivity index (χ2v) is 5.33. The van der Waals surface area contributed by atoms with Crippen LogP contribution in [0.15, 0.2) is 6.20 Å². The molecule has 21 heavy (non-hydrogen) atoms. The van der Waals surface area contributed by atoms with Crippen LogP contribution in [-0.2, 0) is 11.8 Å². The topological polar surface area (TPSA) is 67.7 Å². The van der Waals surface area contributed by atoms with E-state index in [2.05, 4.69) is 5.10 Å². The molecule has 1 fully saturated rings. The number of nitrogens with zero attached hydrogens (tertiary/aromatic N) is 4. The maximum atomic E-state index is 12.4. The van der Waals surface area contributed by atoms with Gasteiger partial charge in [-0.2, -0.15) is 0 Å². The summed E-state index contributed by atoms with van der Waals surface area (Å²) < 4.78 is 6.60. The highest BCUT2D eigenvalue weighted by molar-refractivity contribution is 5.98. The molecule has 0 spiro atoms. The Morgan fingerprint density at radius 1 is 1.33 bits per heavy atom. The molecule has 0 unspecified atom stereocenters. The fraction of sp³-hybridized carbons (Fsp3) is 0.643. The van der Waals surface area contributed by atoms with Crippen molar-refractivity contribution in [3.05, 3.63) is 11.8 Å². The average Bonchev–Trinajstić information content (AvgIpc) is 2.88. The molecule has 116 valence electrons. The van der Waals surface area contributed by atoms with Gasteiger partial charge in [0.1, 0.15) is 5.56 Å². The van der Waals surface area contributed by atoms with Crippen molar-refractivity contribution < 1.29 is 14.3 Å². The number of amides is 2. The molecule has 0 aromatic carbocycles. The van der Waals surface area contributed by atoms with E-state index < -0.39 is 0 Å². The fourth-order valence-corrected chi connectivity index (χ4v) is 2.49. The molecular weight excluding hydrogens is 272 g/mol. The van der Waals surface area contributed by atoms with Crippen molar-refractivity contribution in [2.45, 2.75) is 19.3 Å². The SMILES string of the molecule is COc1nn(C)cc1C(=O)N(C)CC(=O)N1CCCCC1. The van der Waals surface area contributed by atoms with E-state index >= 15 is 0 Å². The first-order chi connectivity index (χ1) is 10.0. The fourth-order valence-electron chi connectivity index (χ4n) is 2.49. The summed E-state index contributed by atoms with van der Waals surface area (Å²) in [6, 6.07) is 0. The summed E-state index contributed by atoms with van der Waals surface area (Å²) in [6.07, 6.45) is 4.86. The number of aromatic nitrogens is 2. The minimum atomic E-state index is -0.259. The zero-order valence-corrected chi connectivity index (χ0v) is 12.8. The number of likely N-dealkylation sites (tertiary alicyclic amines) is 1. The van der Waals surface area contributed by atoms with Crippen LogP contribution in [0.2, 0.25) is 0 Å². The van der Waals surface area contributed by atoms with Crippen LogP contribution >= 0.6 is 0 Å². The summed E-state index contributed by atoms with van der Waals surface area (Å²) in [5, 5.41) is 4.05. The number of ether oxygens (including phenoxy) is 1. The third-order valence-electron chi connectivity index (χ3n) is 3.65. The van der Waals surface area contributed by atoms with Crippen molar-refractivity contribution in [2.24, 2.45) is 7.05 Å². The number of aryl methyl sites for hydroxylation is 1. The van der Waals surface area contributed by atoms with Gasteiger partial charge in [0, 0.05) is 33.4 Å². The minimum Gasteiger partial charge on any atom is -0.479 e. The Morgan fingerprint density at radius 3 is 2.62 bits per heavy atom. The highest BCUT2D eigenvalue weighted by Gasteiger charge is 2.24. The molecule has 0 radical (unpaired) electrons. The molecule has 7 heteroatoms. The van der Waals surface area contributed by atoms with E-state index in [4.69, 9.17) is 4.74 Å². The first-order valence-electron chi connectivity index (χ1n) is 7.13. The van der Waals surface area contributed by atoms with Gasteiger partial charge < -0.3 is 14.5 Å². The molecule has 1 aromatic rings. The number of hydrogen-bond acceptors (Lipinski definition) is 4. The molecule has 1 aliphatic heterocycles. The first kappa shape index (κ1) is 15.3. The van der Waals surface area contributed by atoms with E-state index in [9.17, 15) is 9.59 Å². The molecule has 0 aliphatic carbocycles. The van der Waals surface area contributed by atoms with Crippen LogP contribution < -0.4 is 4.74 Å². The van der Waals surface area contributed by atoms with Crippen LogP contribution in [0.5, 0.6) is 5.88 Å². The van der Waals surface area contributed by atoms with Crippen LogP contribution in [0.1, 0.15) is 29.6 Å². The molecular formula is C14H22N4O3. The molecule has 1 saturated heterocycles. The second kappa shape index (κ2) is 6.60. The number of piperidine rings is 1. The lowest BCUT2D eigenvalue weighted by Gasteiger charge is -2.28. The first-order valence-corrected chi connectivity index (χ1v) is 7.13. The number of hydrogen-bond donors (Lipinski definition) is 0. The van der Waals surface area contributed by atoms with Gasteiger partial charge in [0.25, 0.3) is 5.91 Å². The third-order valence-corrected chi connectivity index (χ3v) is 3.65. The maximum Gasteiger partial charge on any atom is 0.261 e. The molecule has 0 atom stereocenters. The molecule has 0 N–H and O–H groups in total. The standard InChI is InChI=1S/C14H22N4O3/c1-16(10-12(19)18-7-5-4-6-8-18)14(20)11-9-17(2)15-13(11)21-3/h9H,4-8,10H2,1-3H3. The van der Waals surface area contributed by atoms with E-state index in [-0.39, 0.29) is 24.2 Å². The predicted molar refractivity (Wildman–Crippen MR) is 77.2 cm³/mol. The molecule has 2 rings (SSSR count). The molecule has 0 saturated carbocycles. The van der Waals surface area contributed by atoms with Crippen LogP contribution in [0.25, 0.3) is 0 Å². The van der Waals surface area contributed by atoms with Crippen molar-refractivity contribution in [1.82, 2.24) is 19.6 Å². The van der Waals surface area contributed by atoms with E-state index in [0.29, 0.717) is 5.56 Å². The summed E-state index contributed by atoms with van der Waals surface area (Å²) in [6.45, 7) is 1.66. The molecule has 2 amide bonds. The number of likely N-dealkylation sites (N-methyl/N-ethyl adjacent to an activating group) is 1. The van der Waals surface area contributed by atoms with E-state index in [1.165, 1.54) is 23.1 Å². The Morgan fingerprint density at radius 2 is 2.00 bits per heavy atom. The molecule has 1 aliphatic rings. The second-order valence-electron chi connectivity index (χ2n) is 5.33. The Balaban J connectivity index is 2.00. The van der Waals surface area contributed by atoms with Crippen molar-refractivity contribution >= 4 is 11.8 Å². The van der Waals surface area contributed by atoms with Crippen molar-refractivity contribution in [3.8, 4) is 5.88 Å². The lowest BCUT2D eigenvalue weighted by molar-refractivity contribution is -0.132. The lowest BCUT2D eigenvalue weighted by atomic mass is 10.1. The van der Waals surface area contributed by atoms with Gasteiger partial charge in [-0.15, -0.1) is 5.10 Å². The smallest absolute Gasteiger partial charge is 0.261 e. The van der Waals surface area contributed by atoms with Crippen molar-refractivity contribution in [1.29, 1.82) is 0 Å². The number of methoxy groups -OCH3 is 1. The quantitative estimate of drug-likeness (QED) is 0.811. The van der Waals surface area contributed by atoms with Gasteiger partial charge in [0.2, 0.25) is 11.8 Å². The Hall–Kier alpha value is -2.05. The zero-order chi connectivity index (χ0) is 15.4. The summed E-state index contributed by atoms with van der Waals surface area (Å²) in [5.74, 6) is 0.0125. The van der Waals surface area contributed by atoms with Crippen molar-refractivity contribution in [3.63, 3.8) is 0 Å². The van der Waals surface area contributed by atoms with E-state index in [1.54, 1.807) is 20.3 Å². The highest BCUT2D eigenvalue weighted by atomic mass is 16.5. The Kier molecular flexibility index (Phi) is 4.82. The van der Waals surface area contributed by atoms with Gasteiger partial charge in [0.05, 0.1) is 13.7 Å². The van der Waals surface area contributed by atoms with E-state index in [0.717, 1.165) is 25.9 Å². The summed E-state index contributed by atoms with van der Waals surface area (Å²) >= 11 is 0. The maximum absolute atomic E-state index is 12.4. The van der Waals surface area contributed by atoms with Gasteiger partial charge in [-0.3, -0.25) is 14.3 Å². The minimum absolute atomic E-state index is 0.00610. The van der Waals surface area contributed by atoms with Gasteiger partial charge in [-0.25, -0.2) is 0 Å². The summed E-state index contributed by atoms with van der Waals surface area (Å²) in [4.78, 5) is 27.8. The van der Waals surface area contributed by atoms with Crippen LogP contribution in [0, 0.1) is 0 Å². The molecule has 0 bridgehead atoms. The Labute approximate surface area is 124 Å². The molecule has 7 nitrogen and oxygen atoms in total. The van der Waals surface area contributed by atoms with Crippen molar-refractivity contribution in [2.75, 3.05) is 33.8 Å². The Bertz CT molecular complexity index is 520. The van der Waals surface area contributed by atoms with Gasteiger partial charge in [-0.05, 0) is 19.3 Å². The van der Waals surface area contributed by atoms with Gasteiger partial charge >= 0.3 is 0 Å². The number of carbonyl (C=O) groups excluding carboxylic acids is 2. The predicted octanol–water partition coefficient (Wildman–Crippen LogP) is 0.513. The van der Waals surface area contributed by atoms with Crippen LogP contribution in [0.3, 0.4) is 0 Å². The van der Waals surface area contributed by atoms with Crippen LogP contribution in [-0.4, -0.2) is 65.2 Å². The highest BCUT2D eigenvalue weighted by Crippen LogP contribution is 2.17. The number of carbonyl (C=O) groups is 2. The van der Waals surface area contributed by atoms with E-state index in [1.807, 2.05) is 4.90 Å². The average molecular weight is 294 g/mol. The zero-order valence-electron chi connectivity index (χ0n) is 12.8. The normalized spacial score (nSPS) is 14.9. The molecule has 2 heterocycles. The third kappa shape index (κ3) is 3.53. The van der Waals surface area contributed by atoms with Gasteiger partial charge in [-0.1, -0.05) is 0 Å². The largest absolute Gasteiger partial charge is 0.479 e. The van der Waals surface area contributed by atoms with Gasteiger partial charge in [0.15, 0.2) is 0 Å². The lowest BCUT2D eigenvalue weighted by Crippen LogP contribution is -2.43. The summed E-state index contributed by atoms with van der Waals surface area (Å²) in [5.41, 5.74) is 0.369. The summed E-state index contributed by atoms with van der Waals surface area (Å²) in [7, 11) is 4.81. The van der Waals surface area contributed by atoms with Crippen LogP contribution in [0.4, 0.5) is 0 Å². The monoisotopic (exact) mass is 294 g/mol.